The van der Waals surface area contributed by atoms with Gasteiger partial charge in [-0.2, -0.15) is 0 Å². The Balaban J connectivity index is 2.07. The molecule has 2 N–H and O–H groups in total. The Bertz CT molecular complexity index is 701. The van der Waals surface area contributed by atoms with Gasteiger partial charge < -0.3 is 14.7 Å². The maximum Gasteiger partial charge on any atom is 0.134 e. The smallest absolute Gasteiger partial charge is 0.134 e. The Labute approximate surface area is 103 Å². The van der Waals surface area contributed by atoms with Crippen LogP contribution in [0.15, 0.2) is 41.2 Å². The van der Waals surface area contributed by atoms with Gasteiger partial charge in [0.15, 0.2) is 0 Å². The van der Waals surface area contributed by atoms with Crippen molar-refractivity contribution in [1.82, 2.24) is 9.55 Å². The molecule has 3 aromatic rings. The molecule has 1 unspecified atom stereocenters. The van der Waals surface area contributed by atoms with Crippen molar-refractivity contribution < 1.29 is 8.81 Å². The summed E-state index contributed by atoms with van der Waals surface area (Å²) in [4.78, 5) is 4.02. The van der Waals surface area contributed by atoms with E-state index in [2.05, 4.69) is 4.98 Å². The number of furan rings is 1. The number of benzene rings is 1. The minimum atomic E-state index is -0.409. The molecule has 1 atom stereocenters. The highest BCUT2D eigenvalue weighted by Crippen LogP contribution is 2.26. The molecule has 0 aliphatic rings. The van der Waals surface area contributed by atoms with Gasteiger partial charge in [-0.15, -0.1) is 0 Å². The topological polar surface area (TPSA) is 57.0 Å². The van der Waals surface area contributed by atoms with Gasteiger partial charge in [-0.05, 0) is 24.3 Å². The third-order valence-corrected chi connectivity index (χ3v) is 2.98. The summed E-state index contributed by atoms with van der Waals surface area (Å²) in [5.74, 6) is 0.308. The van der Waals surface area contributed by atoms with Crippen LogP contribution < -0.4 is 5.73 Å². The molecule has 5 heteroatoms. The highest BCUT2D eigenvalue weighted by atomic mass is 19.1. The van der Waals surface area contributed by atoms with Crippen molar-refractivity contribution in [2.45, 2.75) is 6.04 Å². The Morgan fingerprint density at radius 2 is 2.22 bits per heavy atom. The first-order valence-electron chi connectivity index (χ1n) is 5.56. The van der Waals surface area contributed by atoms with Crippen LogP contribution in [0.3, 0.4) is 0 Å². The predicted molar refractivity (Wildman–Crippen MR) is 65.4 cm³/mol. The second-order valence-corrected chi connectivity index (χ2v) is 4.24. The van der Waals surface area contributed by atoms with Gasteiger partial charge in [-0.1, -0.05) is 0 Å². The molecule has 0 saturated heterocycles. The molecular formula is C13H12FN3O. The summed E-state index contributed by atoms with van der Waals surface area (Å²) < 4.78 is 20.6. The van der Waals surface area contributed by atoms with Crippen LogP contribution in [0.2, 0.25) is 0 Å². The second-order valence-electron chi connectivity index (χ2n) is 4.24. The fourth-order valence-electron chi connectivity index (χ4n) is 2.00. The van der Waals surface area contributed by atoms with Crippen LogP contribution in [-0.4, -0.2) is 9.55 Å². The van der Waals surface area contributed by atoms with Gasteiger partial charge in [0, 0.05) is 12.4 Å². The van der Waals surface area contributed by atoms with E-state index >= 15 is 0 Å². The minimum Gasteiger partial charge on any atom is -0.459 e. The van der Waals surface area contributed by atoms with Crippen LogP contribution in [-0.2, 0) is 7.05 Å². The third kappa shape index (κ3) is 1.69. The van der Waals surface area contributed by atoms with Crippen LogP contribution in [0, 0.1) is 5.82 Å². The molecule has 92 valence electrons. The summed E-state index contributed by atoms with van der Waals surface area (Å²) in [6.07, 6.45) is 3.37. The largest absolute Gasteiger partial charge is 0.459 e. The van der Waals surface area contributed by atoms with E-state index in [9.17, 15) is 4.39 Å². The van der Waals surface area contributed by atoms with Crippen molar-refractivity contribution in [3.8, 4) is 0 Å². The molecule has 0 spiro atoms. The summed E-state index contributed by atoms with van der Waals surface area (Å²) in [5, 5.41) is 0.711. The number of imidazole rings is 1. The zero-order valence-corrected chi connectivity index (χ0v) is 9.80. The summed E-state index contributed by atoms with van der Waals surface area (Å²) in [6.45, 7) is 0. The number of rotatable bonds is 2. The third-order valence-electron chi connectivity index (χ3n) is 2.98. The zero-order valence-electron chi connectivity index (χ0n) is 9.80. The predicted octanol–water partition coefficient (Wildman–Crippen LogP) is 2.35. The molecule has 0 bridgehead atoms. The average Bonchev–Trinajstić information content (AvgIpc) is 2.93. The fraction of sp³-hybridized carbons (Fsp3) is 0.154. The first-order chi connectivity index (χ1) is 8.65. The highest BCUT2D eigenvalue weighted by Gasteiger charge is 2.17. The zero-order chi connectivity index (χ0) is 12.7. The van der Waals surface area contributed by atoms with E-state index < -0.39 is 6.04 Å². The highest BCUT2D eigenvalue weighted by molar-refractivity contribution is 5.78. The van der Waals surface area contributed by atoms with E-state index in [-0.39, 0.29) is 5.82 Å². The van der Waals surface area contributed by atoms with Gasteiger partial charge in [0.2, 0.25) is 0 Å². The molecule has 0 aliphatic carbocycles. The average molecular weight is 245 g/mol. The number of hydrogen-bond donors (Lipinski definition) is 1. The minimum absolute atomic E-state index is 0.288. The molecule has 1 aromatic carbocycles. The maximum absolute atomic E-state index is 13.1. The standard InChI is InChI=1S/C13H12FN3O/c1-17-7-16-6-10(17)13(15)12-5-8-4-9(14)2-3-11(8)18-12/h2-7,13H,15H2,1H3. The molecule has 4 nitrogen and oxygen atoms in total. The Morgan fingerprint density at radius 1 is 1.39 bits per heavy atom. The van der Waals surface area contributed by atoms with Crippen molar-refractivity contribution >= 4 is 11.0 Å². The summed E-state index contributed by atoms with van der Waals surface area (Å²) in [6, 6.07) is 5.75. The summed E-state index contributed by atoms with van der Waals surface area (Å²) in [7, 11) is 1.87. The van der Waals surface area contributed by atoms with Gasteiger partial charge in [0.1, 0.15) is 23.2 Å². The molecule has 3 rings (SSSR count). The van der Waals surface area contributed by atoms with Crippen molar-refractivity contribution in [2.75, 3.05) is 0 Å². The number of aryl methyl sites for hydroxylation is 1. The number of hydrogen-bond acceptors (Lipinski definition) is 3. The van der Waals surface area contributed by atoms with E-state index in [4.69, 9.17) is 10.2 Å². The van der Waals surface area contributed by atoms with Gasteiger partial charge in [0.25, 0.3) is 0 Å². The maximum atomic E-state index is 13.1. The van der Waals surface area contributed by atoms with Crippen LogP contribution >= 0.6 is 0 Å². The van der Waals surface area contributed by atoms with Gasteiger partial charge in [0.05, 0.1) is 18.2 Å². The van der Waals surface area contributed by atoms with E-state index in [1.54, 1.807) is 24.7 Å². The van der Waals surface area contributed by atoms with Crippen molar-refractivity contribution in [3.05, 3.63) is 54.1 Å². The van der Waals surface area contributed by atoms with E-state index in [0.717, 1.165) is 5.69 Å². The Morgan fingerprint density at radius 3 is 2.94 bits per heavy atom. The first-order valence-corrected chi connectivity index (χ1v) is 5.56. The SMILES string of the molecule is Cn1cncc1C(N)c1cc2cc(F)ccc2o1. The van der Waals surface area contributed by atoms with Crippen LogP contribution in [0.4, 0.5) is 4.39 Å². The van der Waals surface area contributed by atoms with Crippen molar-refractivity contribution in [2.24, 2.45) is 12.8 Å². The molecule has 18 heavy (non-hydrogen) atoms. The number of fused-ring (bicyclic) bond motifs is 1. The van der Waals surface area contributed by atoms with Crippen LogP contribution in [0.25, 0.3) is 11.0 Å². The van der Waals surface area contributed by atoms with Crippen molar-refractivity contribution in [3.63, 3.8) is 0 Å². The molecular weight excluding hydrogens is 233 g/mol. The van der Waals surface area contributed by atoms with Crippen LogP contribution in [0.5, 0.6) is 0 Å². The van der Waals surface area contributed by atoms with E-state index in [1.165, 1.54) is 12.1 Å². The first kappa shape index (κ1) is 11.0. The van der Waals surface area contributed by atoms with Crippen molar-refractivity contribution in [1.29, 1.82) is 0 Å². The molecule has 0 fully saturated rings. The number of nitrogens with two attached hydrogens (primary N) is 1. The van der Waals surface area contributed by atoms with Gasteiger partial charge in [-0.3, -0.25) is 0 Å². The Hall–Kier alpha value is -2.14. The number of halogens is 1. The van der Waals surface area contributed by atoms with Gasteiger partial charge in [-0.25, -0.2) is 9.37 Å². The summed E-state index contributed by atoms with van der Waals surface area (Å²) >= 11 is 0. The molecule has 2 aromatic heterocycles. The molecule has 0 aliphatic heterocycles. The lowest BCUT2D eigenvalue weighted by atomic mass is 10.1. The molecule has 0 saturated carbocycles. The Kier molecular flexibility index (Phi) is 2.41. The number of nitrogens with zero attached hydrogens (tertiary/aromatic N) is 2. The van der Waals surface area contributed by atoms with Gasteiger partial charge >= 0.3 is 0 Å². The quantitative estimate of drug-likeness (QED) is 0.754. The molecule has 2 heterocycles. The lowest BCUT2D eigenvalue weighted by molar-refractivity contribution is 0.514. The van der Waals surface area contributed by atoms with E-state index in [0.29, 0.717) is 16.7 Å². The van der Waals surface area contributed by atoms with Crippen LogP contribution in [0.1, 0.15) is 17.5 Å². The molecule has 0 amide bonds. The van der Waals surface area contributed by atoms with E-state index in [1.807, 2.05) is 11.6 Å². The monoisotopic (exact) mass is 245 g/mol. The summed E-state index contributed by atoms with van der Waals surface area (Å²) in [5.41, 5.74) is 7.59. The second kappa shape index (κ2) is 3.96. The lowest BCUT2D eigenvalue weighted by Gasteiger charge is -2.08. The number of aromatic nitrogens is 2. The lowest BCUT2D eigenvalue weighted by Crippen LogP contribution is -2.14. The fourth-order valence-corrected chi connectivity index (χ4v) is 2.00. The normalized spacial score (nSPS) is 13.1. The molecule has 0 radical (unpaired) electrons.